The minimum Gasteiger partial charge on any atom is -0.396 e. The van der Waals surface area contributed by atoms with Gasteiger partial charge in [0.1, 0.15) is 0 Å². The summed E-state index contributed by atoms with van der Waals surface area (Å²) in [5, 5.41) is 9.39. The Morgan fingerprint density at radius 1 is 1.60 bits per heavy atom. The van der Waals surface area contributed by atoms with Crippen molar-refractivity contribution in [2.75, 3.05) is 20.2 Å². The van der Waals surface area contributed by atoms with Gasteiger partial charge in [-0.3, -0.25) is 9.88 Å². The highest BCUT2D eigenvalue weighted by Gasteiger charge is 2.29. The molecule has 3 heteroatoms. The van der Waals surface area contributed by atoms with E-state index in [0.717, 1.165) is 13.0 Å². The maximum atomic E-state index is 9.39. The molecule has 1 fully saturated rings. The fourth-order valence-corrected chi connectivity index (χ4v) is 2.53. The topological polar surface area (TPSA) is 36.4 Å². The zero-order valence-electron chi connectivity index (χ0n) is 9.13. The first-order chi connectivity index (χ1) is 7.33. The molecule has 0 aliphatic carbocycles. The van der Waals surface area contributed by atoms with Crippen LogP contribution in [0.5, 0.6) is 0 Å². The molecule has 0 amide bonds. The number of nitrogens with zero attached hydrogens (tertiary/aromatic N) is 2. The Labute approximate surface area is 90.8 Å². The highest BCUT2D eigenvalue weighted by Crippen LogP contribution is 2.33. The monoisotopic (exact) mass is 206 g/mol. The van der Waals surface area contributed by atoms with Crippen molar-refractivity contribution in [3.8, 4) is 0 Å². The standard InChI is InChI=1S/C12H18N2O/c1-14-7-3-5-11(9-15)12(14)10-4-2-6-13-8-10/h2,4,6,8,11-12,15H,3,5,7,9H2,1H3/t11-,12+/m0/s1. The fourth-order valence-electron chi connectivity index (χ4n) is 2.53. The molecule has 0 unspecified atom stereocenters. The first-order valence-corrected chi connectivity index (χ1v) is 5.54. The SMILES string of the molecule is CN1CCC[C@@H](CO)[C@H]1c1cccnc1. The molecular weight excluding hydrogens is 188 g/mol. The molecule has 2 rings (SSSR count). The van der Waals surface area contributed by atoms with Crippen molar-refractivity contribution in [1.82, 2.24) is 9.88 Å². The van der Waals surface area contributed by atoms with Crippen LogP contribution in [0.25, 0.3) is 0 Å². The third-order valence-corrected chi connectivity index (χ3v) is 3.27. The molecule has 2 atom stereocenters. The Bertz CT molecular complexity index is 302. The van der Waals surface area contributed by atoms with Gasteiger partial charge in [-0.15, -0.1) is 0 Å². The highest BCUT2D eigenvalue weighted by molar-refractivity contribution is 5.15. The van der Waals surface area contributed by atoms with Crippen LogP contribution in [-0.4, -0.2) is 35.2 Å². The predicted molar refractivity (Wildman–Crippen MR) is 59.4 cm³/mol. The van der Waals surface area contributed by atoms with E-state index in [-0.39, 0.29) is 6.61 Å². The molecule has 1 aliphatic heterocycles. The number of aliphatic hydroxyl groups is 1. The molecule has 2 heterocycles. The Balaban J connectivity index is 2.23. The van der Waals surface area contributed by atoms with Crippen LogP contribution in [0.3, 0.4) is 0 Å². The number of likely N-dealkylation sites (tertiary alicyclic amines) is 1. The van der Waals surface area contributed by atoms with Gasteiger partial charge in [0.2, 0.25) is 0 Å². The van der Waals surface area contributed by atoms with E-state index in [4.69, 9.17) is 0 Å². The Kier molecular flexibility index (Phi) is 3.34. The zero-order valence-corrected chi connectivity index (χ0v) is 9.13. The fraction of sp³-hybridized carbons (Fsp3) is 0.583. The van der Waals surface area contributed by atoms with Gasteiger partial charge in [-0.05, 0) is 38.1 Å². The van der Waals surface area contributed by atoms with Crippen LogP contribution in [0.4, 0.5) is 0 Å². The molecule has 0 saturated carbocycles. The molecule has 1 aliphatic rings. The summed E-state index contributed by atoms with van der Waals surface area (Å²) in [7, 11) is 2.12. The smallest absolute Gasteiger partial charge is 0.0477 e. The number of aliphatic hydroxyl groups excluding tert-OH is 1. The molecule has 3 nitrogen and oxygen atoms in total. The number of aromatic nitrogens is 1. The van der Waals surface area contributed by atoms with Gasteiger partial charge in [0.05, 0.1) is 0 Å². The summed E-state index contributed by atoms with van der Waals surface area (Å²) in [6, 6.07) is 4.39. The van der Waals surface area contributed by atoms with Crippen LogP contribution >= 0.6 is 0 Å². The van der Waals surface area contributed by atoms with Crippen LogP contribution in [-0.2, 0) is 0 Å². The van der Waals surface area contributed by atoms with E-state index < -0.39 is 0 Å². The van der Waals surface area contributed by atoms with Gasteiger partial charge >= 0.3 is 0 Å². The van der Waals surface area contributed by atoms with E-state index in [1.54, 1.807) is 6.20 Å². The maximum Gasteiger partial charge on any atom is 0.0477 e. The van der Waals surface area contributed by atoms with E-state index in [0.29, 0.717) is 12.0 Å². The molecule has 0 spiro atoms. The summed E-state index contributed by atoms with van der Waals surface area (Å²) in [5.41, 5.74) is 1.22. The van der Waals surface area contributed by atoms with E-state index in [1.807, 2.05) is 12.3 Å². The largest absolute Gasteiger partial charge is 0.396 e. The van der Waals surface area contributed by atoms with Crippen LogP contribution in [0.2, 0.25) is 0 Å². The molecule has 1 saturated heterocycles. The van der Waals surface area contributed by atoms with Crippen molar-refractivity contribution in [3.05, 3.63) is 30.1 Å². The van der Waals surface area contributed by atoms with Crippen molar-refractivity contribution >= 4 is 0 Å². The zero-order chi connectivity index (χ0) is 10.7. The minimum absolute atomic E-state index is 0.268. The Morgan fingerprint density at radius 3 is 3.13 bits per heavy atom. The average molecular weight is 206 g/mol. The summed E-state index contributed by atoms with van der Waals surface area (Å²) in [6.45, 7) is 1.37. The molecule has 1 aromatic heterocycles. The summed E-state index contributed by atoms with van der Waals surface area (Å²) in [4.78, 5) is 6.48. The molecule has 0 bridgehead atoms. The van der Waals surface area contributed by atoms with E-state index in [2.05, 4.69) is 23.0 Å². The summed E-state index contributed by atoms with van der Waals surface area (Å²) < 4.78 is 0. The molecule has 15 heavy (non-hydrogen) atoms. The second kappa shape index (κ2) is 4.73. The molecule has 0 aromatic carbocycles. The maximum absolute atomic E-state index is 9.39. The third-order valence-electron chi connectivity index (χ3n) is 3.27. The first-order valence-electron chi connectivity index (χ1n) is 5.54. The number of rotatable bonds is 2. The van der Waals surface area contributed by atoms with Crippen molar-refractivity contribution < 1.29 is 5.11 Å². The van der Waals surface area contributed by atoms with Crippen LogP contribution in [0.1, 0.15) is 24.4 Å². The Hall–Kier alpha value is -0.930. The van der Waals surface area contributed by atoms with Crippen LogP contribution in [0.15, 0.2) is 24.5 Å². The summed E-state index contributed by atoms with van der Waals surface area (Å²) in [5.74, 6) is 0.355. The third kappa shape index (κ3) is 2.19. The number of piperidine rings is 1. The number of hydrogen-bond donors (Lipinski definition) is 1. The van der Waals surface area contributed by atoms with Gasteiger partial charge in [-0.25, -0.2) is 0 Å². The lowest BCUT2D eigenvalue weighted by Gasteiger charge is -2.38. The first kappa shape index (κ1) is 10.6. The van der Waals surface area contributed by atoms with Crippen molar-refractivity contribution in [2.24, 2.45) is 5.92 Å². The lowest BCUT2D eigenvalue weighted by molar-refractivity contribution is 0.0741. The lowest BCUT2D eigenvalue weighted by atomic mass is 9.86. The lowest BCUT2D eigenvalue weighted by Crippen LogP contribution is -2.37. The van der Waals surface area contributed by atoms with Crippen molar-refractivity contribution in [2.45, 2.75) is 18.9 Å². The average Bonchev–Trinajstić information content (AvgIpc) is 2.29. The Morgan fingerprint density at radius 2 is 2.47 bits per heavy atom. The molecule has 1 aromatic rings. The van der Waals surface area contributed by atoms with E-state index in [1.165, 1.54) is 12.0 Å². The van der Waals surface area contributed by atoms with Crippen molar-refractivity contribution in [3.63, 3.8) is 0 Å². The van der Waals surface area contributed by atoms with Gasteiger partial charge in [0.15, 0.2) is 0 Å². The van der Waals surface area contributed by atoms with Gasteiger partial charge in [-0.1, -0.05) is 6.07 Å². The highest BCUT2D eigenvalue weighted by atomic mass is 16.3. The van der Waals surface area contributed by atoms with Gasteiger partial charge < -0.3 is 5.11 Å². The number of hydrogen-bond acceptors (Lipinski definition) is 3. The van der Waals surface area contributed by atoms with Crippen molar-refractivity contribution in [1.29, 1.82) is 0 Å². The summed E-state index contributed by atoms with van der Waals surface area (Å²) in [6.07, 6.45) is 5.99. The second-order valence-electron chi connectivity index (χ2n) is 4.30. The quantitative estimate of drug-likeness (QED) is 0.795. The predicted octanol–water partition coefficient (Wildman–Crippen LogP) is 1.46. The van der Waals surface area contributed by atoms with E-state index in [9.17, 15) is 5.11 Å². The van der Waals surface area contributed by atoms with Gasteiger partial charge in [0.25, 0.3) is 0 Å². The molecule has 1 N–H and O–H groups in total. The van der Waals surface area contributed by atoms with Crippen LogP contribution < -0.4 is 0 Å². The van der Waals surface area contributed by atoms with Gasteiger partial charge in [0, 0.05) is 31.0 Å². The van der Waals surface area contributed by atoms with Gasteiger partial charge in [-0.2, -0.15) is 0 Å². The molecular formula is C12H18N2O. The molecule has 0 radical (unpaired) electrons. The normalized spacial score (nSPS) is 27.9. The summed E-state index contributed by atoms with van der Waals surface area (Å²) >= 11 is 0. The number of pyridine rings is 1. The molecule has 82 valence electrons. The minimum atomic E-state index is 0.268. The van der Waals surface area contributed by atoms with E-state index >= 15 is 0 Å². The van der Waals surface area contributed by atoms with Crippen LogP contribution in [0, 0.1) is 5.92 Å². The second-order valence-corrected chi connectivity index (χ2v) is 4.30.